The van der Waals surface area contributed by atoms with Crippen LogP contribution in [0, 0.1) is 6.92 Å². The van der Waals surface area contributed by atoms with Crippen LogP contribution in [0.1, 0.15) is 24.1 Å². The second-order valence-electron chi connectivity index (χ2n) is 5.02. The highest BCUT2D eigenvalue weighted by Crippen LogP contribution is 2.17. The summed E-state index contributed by atoms with van der Waals surface area (Å²) in [4.78, 5) is 12.0. The Kier molecular flexibility index (Phi) is 5.53. The highest BCUT2D eigenvalue weighted by Gasteiger charge is 2.09. The molecular formula is C17H19BrN2O. The van der Waals surface area contributed by atoms with E-state index in [1.807, 2.05) is 36.4 Å². The minimum Gasteiger partial charge on any atom is -0.325 e. The molecule has 2 aromatic rings. The van der Waals surface area contributed by atoms with Crippen LogP contribution in [0.2, 0.25) is 0 Å². The van der Waals surface area contributed by atoms with Crippen molar-refractivity contribution in [1.29, 1.82) is 0 Å². The van der Waals surface area contributed by atoms with Gasteiger partial charge in [-0.3, -0.25) is 4.79 Å². The van der Waals surface area contributed by atoms with Crippen LogP contribution in [-0.2, 0) is 4.79 Å². The first kappa shape index (κ1) is 15.7. The molecular weight excluding hydrogens is 328 g/mol. The lowest BCUT2D eigenvalue weighted by atomic mass is 10.0. The number of rotatable bonds is 5. The largest absolute Gasteiger partial charge is 0.325 e. The van der Waals surface area contributed by atoms with E-state index < -0.39 is 0 Å². The smallest absolute Gasteiger partial charge is 0.238 e. The summed E-state index contributed by atoms with van der Waals surface area (Å²) in [6.45, 7) is 4.42. The molecule has 4 heteroatoms. The zero-order chi connectivity index (χ0) is 15.2. The Hall–Kier alpha value is -1.65. The lowest BCUT2D eigenvalue weighted by molar-refractivity contribution is -0.115. The summed E-state index contributed by atoms with van der Waals surface area (Å²) in [5, 5.41) is 6.12. The number of nitrogens with one attached hydrogen (secondary N) is 2. The first-order chi connectivity index (χ1) is 10.1. The van der Waals surface area contributed by atoms with Crippen molar-refractivity contribution in [3.63, 3.8) is 0 Å². The van der Waals surface area contributed by atoms with Crippen molar-refractivity contribution in [2.45, 2.75) is 19.9 Å². The molecule has 2 N–H and O–H groups in total. The van der Waals surface area contributed by atoms with Crippen molar-refractivity contribution >= 4 is 27.5 Å². The van der Waals surface area contributed by atoms with Crippen molar-refractivity contribution < 1.29 is 4.79 Å². The third-order valence-electron chi connectivity index (χ3n) is 3.33. The van der Waals surface area contributed by atoms with E-state index in [0.717, 1.165) is 10.2 Å². The number of carbonyl (C=O) groups excluding carboxylic acids is 1. The van der Waals surface area contributed by atoms with Crippen LogP contribution in [0.15, 0.2) is 53.0 Å². The molecule has 2 aromatic carbocycles. The van der Waals surface area contributed by atoms with Gasteiger partial charge in [-0.15, -0.1) is 0 Å². The fraction of sp³-hybridized carbons (Fsp3) is 0.235. The fourth-order valence-electron chi connectivity index (χ4n) is 2.20. The van der Waals surface area contributed by atoms with Gasteiger partial charge in [-0.2, -0.15) is 0 Å². The van der Waals surface area contributed by atoms with Gasteiger partial charge in [0.2, 0.25) is 5.91 Å². The molecule has 21 heavy (non-hydrogen) atoms. The van der Waals surface area contributed by atoms with Crippen molar-refractivity contribution in [3.05, 3.63) is 64.1 Å². The molecule has 0 bridgehead atoms. The molecule has 0 aliphatic carbocycles. The van der Waals surface area contributed by atoms with Crippen molar-refractivity contribution in [3.8, 4) is 0 Å². The molecule has 0 heterocycles. The number of benzene rings is 2. The van der Waals surface area contributed by atoms with Gasteiger partial charge in [0.25, 0.3) is 0 Å². The fourth-order valence-corrected chi connectivity index (χ4v) is 2.60. The number of anilines is 1. The molecule has 0 saturated heterocycles. The Morgan fingerprint density at radius 1 is 1.19 bits per heavy atom. The molecule has 1 atom stereocenters. The number of amides is 1. The second kappa shape index (κ2) is 7.38. The standard InChI is InChI=1S/C17H19BrN2O/c1-12-6-3-4-9-16(12)13(2)19-11-17(21)20-15-8-5-7-14(18)10-15/h3-10,13,19H,11H2,1-2H3,(H,20,21)/t13-/m1/s1. The van der Waals surface area contributed by atoms with E-state index in [0.29, 0.717) is 0 Å². The number of halogens is 1. The van der Waals surface area contributed by atoms with Gasteiger partial charge in [0.05, 0.1) is 6.54 Å². The molecule has 3 nitrogen and oxygen atoms in total. The Morgan fingerprint density at radius 3 is 2.67 bits per heavy atom. The van der Waals surface area contributed by atoms with Crippen LogP contribution in [0.4, 0.5) is 5.69 Å². The summed E-state index contributed by atoms with van der Waals surface area (Å²) >= 11 is 3.39. The Labute approximate surface area is 133 Å². The number of carbonyl (C=O) groups is 1. The summed E-state index contributed by atoms with van der Waals surface area (Å²) in [5.41, 5.74) is 3.23. The van der Waals surface area contributed by atoms with Gasteiger partial charge in [-0.05, 0) is 43.2 Å². The van der Waals surface area contributed by atoms with Gasteiger partial charge in [0, 0.05) is 16.2 Å². The van der Waals surface area contributed by atoms with E-state index in [1.54, 1.807) is 0 Å². The molecule has 0 fully saturated rings. The van der Waals surface area contributed by atoms with Crippen molar-refractivity contribution in [2.75, 3.05) is 11.9 Å². The molecule has 0 aliphatic rings. The van der Waals surface area contributed by atoms with Crippen LogP contribution in [0.5, 0.6) is 0 Å². The quantitative estimate of drug-likeness (QED) is 0.857. The number of hydrogen-bond acceptors (Lipinski definition) is 2. The first-order valence-electron chi connectivity index (χ1n) is 6.90. The van der Waals surface area contributed by atoms with Crippen LogP contribution >= 0.6 is 15.9 Å². The third-order valence-corrected chi connectivity index (χ3v) is 3.83. The maximum Gasteiger partial charge on any atom is 0.238 e. The highest BCUT2D eigenvalue weighted by atomic mass is 79.9. The van der Waals surface area contributed by atoms with E-state index in [1.165, 1.54) is 11.1 Å². The van der Waals surface area contributed by atoms with Gasteiger partial charge in [-0.1, -0.05) is 46.3 Å². The van der Waals surface area contributed by atoms with E-state index in [2.05, 4.69) is 52.5 Å². The predicted molar refractivity (Wildman–Crippen MR) is 90.4 cm³/mol. The molecule has 0 aromatic heterocycles. The second-order valence-corrected chi connectivity index (χ2v) is 5.93. The van der Waals surface area contributed by atoms with Crippen molar-refractivity contribution in [1.82, 2.24) is 5.32 Å². The zero-order valence-electron chi connectivity index (χ0n) is 12.2. The molecule has 0 spiro atoms. The summed E-state index contributed by atoms with van der Waals surface area (Å²) < 4.78 is 0.946. The van der Waals surface area contributed by atoms with Crippen LogP contribution in [0.25, 0.3) is 0 Å². The van der Waals surface area contributed by atoms with E-state index in [9.17, 15) is 4.79 Å². The average molecular weight is 347 g/mol. The van der Waals surface area contributed by atoms with E-state index >= 15 is 0 Å². The van der Waals surface area contributed by atoms with Gasteiger partial charge < -0.3 is 10.6 Å². The van der Waals surface area contributed by atoms with Crippen LogP contribution < -0.4 is 10.6 Å². The normalized spacial score (nSPS) is 12.0. The van der Waals surface area contributed by atoms with Crippen LogP contribution in [-0.4, -0.2) is 12.5 Å². The highest BCUT2D eigenvalue weighted by molar-refractivity contribution is 9.10. The monoisotopic (exact) mass is 346 g/mol. The van der Waals surface area contributed by atoms with Gasteiger partial charge in [-0.25, -0.2) is 0 Å². The maximum absolute atomic E-state index is 12.0. The number of hydrogen-bond donors (Lipinski definition) is 2. The number of aryl methyl sites for hydroxylation is 1. The molecule has 0 saturated carbocycles. The Morgan fingerprint density at radius 2 is 1.95 bits per heavy atom. The molecule has 2 rings (SSSR count). The summed E-state index contributed by atoms with van der Waals surface area (Å²) in [6, 6.07) is 15.9. The predicted octanol–water partition coefficient (Wildman–Crippen LogP) is 4.05. The van der Waals surface area contributed by atoms with Crippen LogP contribution in [0.3, 0.4) is 0 Å². The lowest BCUT2D eigenvalue weighted by Crippen LogP contribution is -2.30. The minimum absolute atomic E-state index is 0.0477. The summed E-state index contributed by atoms with van der Waals surface area (Å²) in [5.74, 6) is -0.0477. The SMILES string of the molecule is Cc1ccccc1[C@@H](C)NCC(=O)Nc1cccc(Br)c1. The van der Waals surface area contributed by atoms with Gasteiger partial charge >= 0.3 is 0 Å². The average Bonchev–Trinajstić information content (AvgIpc) is 2.45. The molecule has 0 unspecified atom stereocenters. The minimum atomic E-state index is -0.0477. The molecule has 0 aliphatic heterocycles. The molecule has 1 amide bonds. The topological polar surface area (TPSA) is 41.1 Å². The van der Waals surface area contributed by atoms with Crippen molar-refractivity contribution in [2.24, 2.45) is 0 Å². The van der Waals surface area contributed by atoms with Gasteiger partial charge in [0.1, 0.15) is 0 Å². The summed E-state index contributed by atoms with van der Waals surface area (Å²) in [6.07, 6.45) is 0. The third kappa shape index (κ3) is 4.69. The Balaban J connectivity index is 1.88. The first-order valence-corrected chi connectivity index (χ1v) is 7.70. The van der Waals surface area contributed by atoms with Gasteiger partial charge in [0.15, 0.2) is 0 Å². The lowest BCUT2D eigenvalue weighted by Gasteiger charge is -2.16. The zero-order valence-corrected chi connectivity index (χ0v) is 13.8. The molecule has 110 valence electrons. The summed E-state index contributed by atoms with van der Waals surface area (Å²) in [7, 11) is 0. The van der Waals surface area contributed by atoms with E-state index in [4.69, 9.17) is 0 Å². The Bertz CT molecular complexity index is 628. The maximum atomic E-state index is 12.0. The molecule has 0 radical (unpaired) electrons. The van der Waals surface area contributed by atoms with E-state index in [-0.39, 0.29) is 18.5 Å².